The summed E-state index contributed by atoms with van der Waals surface area (Å²) in [4.78, 5) is 27.6. The topological polar surface area (TPSA) is 121 Å². The van der Waals surface area contributed by atoms with E-state index in [0.717, 1.165) is 28.7 Å². The van der Waals surface area contributed by atoms with Crippen LogP contribution in [0.3, 0.4) is 0 Å². The number of ether oxygens (including phenoxy) is 5. The van der Waals surface area contributed by atoms with Crippen molar-refractivity contribution in [1.29, 1.82) is 0 Å². The van der Waals surface area contributed by atoms with Gasteiger partial charge in [0, 0.05) is 51.4 Å². The van der Waals surface area contributed by atoms with E-state index < -0.39 is 5.43 Å². The lowest BCUT2D eigenvalue weighted by atomic mass is 9.82. The van der Waals surface area contributed by atoms with E-state index in [9.17, 15) is 19.8 Å². The molecule has 302 valence electrons. The maximum absolute atomic E-state index is 13.9. The number of aromatic hydroxyl groups is 2. The number of rotatable bonds is 22. The molecule has 0 radical (unpaired) electrons. The van der Waals surface area contributed by atoms with Gasteiger partial charge in [0.05, 0.1) is 72.6 Å². The van der Waals surface area contributed by atoms with Crippen molar-refractivity contribution in [3.63, 3.8) is 0 Å². The van der Waals surface area contributed by atoms with Crippen LogP contribution in [0.5, 0.6) is 28.7 Å². The predicted octanol–water partition coefficient (Wildman–Crippen LogP) is 8.47. The summed E-state index contributed by atoms with van der Waals surface area (Å²) < 4.78 is 30.3. The molecule has 0 saturated heterocycles. The molecule has 0 spiro atoms. The van der Waals surface area contributed by atoms with Gasteiger partial charge in [-0.25, -0.2) is 0 Å². The lowest BCUT2D eigenvalue weighted by molar-refractivity contribution is -0.891. The summed E-state index contributed by atoms with van der Waals surface area (Å²) in [5.41, 5.74) is 2.22. The van der Waals surface area contributed by atoms with Gasteiger partial charge >= 0.3 is 0 Å². The highest BCUT2D eigenvalue weighted by Crippen LogP contribution is 2.55. The minimum atomic E-state index is -0.421. The summed E-state index contributed by atoms with van der Waals surface area (Å²) in [6.45, 7) is 8.45. The average molecular weight is 771 g/mol. The number of allylic oxidation sites excluding steroid dienone is 1. The van der Waals surface area contributed by atoms with Crippen molar-refractivity contribution in [3.05, 3.63) is 54.8 Å². The Morgan fingerprint density at radius 1 is 0.625 bits per heavy atom. The quantitative estimate of drug-likeness (QED) is 0.0309. The molecule has 5 aromatic carbocycles. The molecule has 0 aliphatic heterocycles. The molecular weight excluding hydrogens is 711 g/mol. The number of likely N-dealkylation sites (N-methyl/N-ethyl adjacent to an activating group) is 1. The van der Waals surface area contributed by atoms with Crippen LogP contribution in [0.15, 0.2) is 27.3 Å². The molecule has 0 fully saturated rings. The van der Waals surface area contributed by atoms with Gasteiger partial charge in [-0.3, -0.25) is 9.59 Å². The minimum Gasteiger partial charge on any atom is -0.507 e. The zero-order chi connectivity index (χ0) is 40.1. The molecular formula is C46H60NO9+. The molecule has 10 heteroatoms. The first-order valence-corrected chi connectivity index (χ1v) is 20.4. The lowest BCUT2D eigenvalue weighted by Crippen LogP contribution is -2.43. The molecule has 0 heterocycles. The van der Waals surface area contributed by atoms with Gasteiger partial charge in [-0.2, -0.15) is 0 Å². The van der Waals surface area contributed by atoms with E-state index in [1.54, 1.807) is 0 Å². The number of methoxy groups -OCH3 is 3. The Bertz CT molecular complexity index is 2330. The summed E-state index contributed by atoms with van der Waals surface area (Å²) in [7, 11) is 8.98. The van der Waals surface area contributed by atoms with Gasteiger partial charge in [0.15, 0.2) is 22.4 Å². The number of quaternary nitrogens is 1. The molecule has 56 heavy (non-hydrogen) atoms. The molecule has 10 nitrogen and oxygen atoms in total. The average Bonchev–Trinajstić information content (AvgIpc) is 3.32. The standard InChI is InChI=1S/C46H59NO9/c1-8-9-10-11-12-13-14-15-18-47(3,4)19-21-56-23-22-55-20-16-17-29-30-24-28(2)25-31-37-36(30)42-38(44(29)50)32(48)26-34(52-5)40(42)41-35(53-6)27-33(49)39(43(37)41)45(51)46(31)54-7/h24,26-27H,8-23,25H2,1-7H3,(H-,48,49,50,51)/p+1. The van der Waals surface area contributed by atoms with Gasteiger partial charge in [0.1, 0.15) is 23.8 Å². The maximum Gasteiger partial charge on any atom is 0.194 e. The van der Waals surface area contributed by atoms with E-state index in [-0.39, 0.29) is 44.9 Å². The van der Waals surface area contributed by atoms with Gasteiger partial charge in [-0.1, -0.05) is 57.1 Å². The third-order valence-electron chi connectivity index (χ3n) is 11.7. The van der Waals surface area contributed by atoms with Crippen molar-refractivity contribution < 1.29 is 38.4 Å². The van der Waals surface area contributed by atoms with Crippen molar-refractivity contribution in [2.24, 2.45) is 0 Å². The van der Waals surface area contributed by atoms with Crippen LogP contribution in [0, 0.1) is 0 Å². The van der Waals surface area contributed by atoms with Crippen molar-refractivity contribution in [2.45, 2.75) is 84.5 Å². The van der Waals surface area contributed by atoms with Crippen LogP contribution in [0.4, 0.5) is 0 Å². The largest absolute Gasteiger partial charge is 0.507 e. The Hall–Kier alpha value is -4.38. The highest BCUT2D eigenvalue weighted by Gasteiger charge is 2.33. The number of phenols is 2. The normalized spacial score (nSPS) is 13.1. The highest BCUT2D eigenvalue weighted by atomic mass is 16.5. The molecule has 0 bridgehead atoms. The summed E-state index contributed by atoms with van der Waals surface area (Å²) in [5.74, 6) is 0.441. The molecule has 0 atom stereocenters. The molecule has 0 amide bonds. The van der Waals surface area contributed by atoms with Crippen LogP contribution in [0.25, 0.3) is 49.2 Å². The Balaban J connectivity index is 1.22. The van der Waals surface area contributed by atoms with E-state index in [1.165, 1.54) is 84.8 Å². The van der Waals surface area contributed by atoms with Gasteiger partial charge in [-0.05, 0) is 55.4 Å². The Kier molecular flexibility index (Phi) is 13.1. The van der Waals surface area contributed by atoms with Crippen LogP contribution in [0.2, 0.25) is 0 Å². The second-order valence-corrected chi connectivity index (χ2v) is 16.1. The molecule has 5 aromatic rings. The number of unbranched alkanes of at least 4 members (excludes halogenated alkanes) is 7. The van der Waals surface area contributed by atoms with Crippen molar-refractivity contribution in [1.82, 2.24) is 0 Å². The molecule has 0 aromatic heterocycles. The maximum atomic E-state index is 13.9. The predicted molar refractivity (Wildman–Crippen MR) is 226 cm³/mol. The lowest BCUT2D eigenvalue weighted by Gasteiger charge is -2.29. The Morgan fingerprint density at radius 2 is 1.20 bits per heavy atom. The smallest absolute Gasteiger partial charge is 0.194 e. The number of phenolic OH excluding ortho intramolecular Hbond substituents is 2. The molecule has 1 aliphatic carbocycles. The van der Waals surface area contributed by atoms with Gasteiger partial charge in [0.25, 0.3) is 0 Å². The first kappa shape index (κ1) is 41.3. The number of benzene rings is 5. The molecule has 6 rings (SSSR count). The van der Waals surface area contributed by atoms with Gasteiger partial charge in [-0.15, -0.1) is 0 Å². The van der Waals surface area contributed by atoms with Gasteiger partial charge < -0.3 is 38.4 Å². The van der Waals surface area contributed by atoms with Crippen LogP contribution >= 0.6 is 0 Å². The van der Waals surface area contributed by atoms with Crippen molar-refractivity contribution in [3.8, 4) is 28.7 Å². The third-order valence-corrected chi connectivity index (χ3v) is 11.7. The van der Waals surface area contributed by atoms with E-state index in [2.05, 4.69) is 21.0 Å². The number of hydrogen-bond acceptors (Lipinski definition) is 9. The van der Waals surface area contributed by atoms with E-state index in [1.807, 2.05) is 13.0 Å². The Morgan fingerprint density at radius 3 is 1.80 bits per heavy atom. The molecule has 0 unspecified atom stereocenters. The van der Waals surface area contributed by atoms with E-state index in [4.69, 9.17) is 23.7 Å². The Labute approximate surface area is 329 Å². The van der Waals surface area contributed by atoms with Crippen molar-refractivity contribution in [2.75, 3.05) is 74.9 Å². The molecule has 1 aliphatic rings. The van der Waals surface area contributed by atoms with E-state index in [0.29, 0.717) is 89.1 Å². The first-order valence-electron chi connectivity index (χ1n) is 20.4. The minimum absolute atomic E-state index is 0.0824. The zero-order valence-electron chi connectivity index (χ0n) is 34.5. The van der Waals surface area contributed by atoms with Crippen LogP contribution in [0.1, 0.15) is 88.3 Å². The number of hydrogen-bond donors (Lipinski definition) is 2. The first-order chi connectivity index (χ1) is 27.0. The van der Waals surface area contributed by atoms with E-state index >= 15 is 0 Å². The fraction of sp³-hybridized carbons (Fsp3) is 0.522. The summed E-state index contributed by atoms with van der Waals surface area (Å²) in [6.07, 6.45) is 14.1. The third kappa shape index (κ3) is 7.93. The monoisotopic (exact) mass is 770 g/mol. The molecule has 2 N–H and O–H groups in total. The second-order valence-electron chi connectivity index (χ2n) is 16.1. The fourth-order valence-electron chi connectivity index (χ4n) is 8.83. The second kappa shape index (κ2) is 17.8. The number of nitrogens with zero attached hydrogens (tertiary/aromatic N) is 1. The summed E-state index contributed by atoms with van der Waals surface area (Å²) >= 11 is 0. The van der Waals surface area contributed by atoms with Crippen LogP contribution in [-0.2, 0) is 22.3 Å². The fourth-order valence-corrected chi connectivity index (χ4v) is 8.83. The van der Waals surface area contributed by atoms with Crippen LogP contribution < -0.4 is 25.1 Å². The number of fused-ring (bicyclic) bond motifs is 1. The molecule has 0 saturated carbocycles. The SMILES string of the molecule is CCCCCCCCCC[N+](C)(C)CCOCCOCCCc1c(O)c2c(=O)cc(OC)c3c4c(OC)cc(=O)c5c(O)c(OC)c6c(c(c1C=C(C)C6)c23)c54. The zero-order valence-corrected chi connectivity index (χ0v) is 34.5. The summed E-state index contributed by atoms with van der Waals surface area (Å²) in [5, 5.41) is 27.4. The summed E-state index contributed by atoms with van der Waals surface area (Å²) in [6, 6.07) is 2.71. The van der Waals surface area contributed by atoms with Crippen molar-refractivity contribution >= 4 is 49.2 Å². The van der Waals surface area contributed by atoms with Crippen LogP contribution in [-0.4, -0.2) is 89.6 Å². The highest BCUT2D eigenvalue weighted by molar-refractivity contribution is 6.39. The van der Waals surface area contributed by atoms with Gasteiger partial charge in [0.2, 0.25) is 0 Å².